The zero-order valence-electron chi connectivity index (χ0n) is 11.5. The summed E-state index contributed by atoms with van der Waals surface area (Å²) in [6.07, 6.45) is 2.56. The second-order valence-corrected chi connectivity index (χ2v) is 6.25. The molecule has 2 aromatic rings. The van der Waals surface area contributed by atoms with Crippen LogP contribution in [0.4, 0.5) is 17.5 Å². The fourth-order valence-corrected chi connectivity index (χ4v) is 2.26. The van der Waals surface area contributed by atoms with Gasteiger partial charge in [-0.2, -0.15) is 10.2 Å². The number of hydrogen-bond donors (Lipinski definition) is 2. The van der Waals surface area contributed by atoms with Crippen molar-refractivity contribution < 1.29 is 8.42 Å². The Labute approximate surface area is 122 Å². The van der Waals surface area contributed by atoms with Gasteiger partial charge in [-0.1, -0.05) is 0 Å². The van der Waals surface area contributed by atoms with E-state index in [1.165, 1.54) is 18.3 Å². The Bertz CT molecular complexity index is 794. The van der Waals surface area contributed by atoms with Crippen molar-refractivity contribution in [2.45, 2.75) is 4.90 Å². The maximum absolute atomic E-state index is 11.4. The Morgan fingerprint density at radius 3 is 2.43 bits per heavy atom. The highest BCUT2D eigenvalue weighted by atomic mass is 32.2. The minimum Gasteiger partial charge on any atom is -0.372 e. The molecule has 0 aliphatic carbocycles. The molecule has 0 radical (unpaired) electrons. The SMILES string of the molecule is CNc1nc(Nc2ccc(S(C)(=O)=O)cc2)ncc1C#N. The number of rotatable bonds is 4. The molecule has 1 heterocycles. The molecule has 0 bridgehead atoms. The third kappa shape index (κ3) is 3.46. The van der Waals surface area contributed by atoms with Crippen LogP contribution in [0.2, 0.25) is 0 Å². The number of benzene rings is 1. The minimum atomic E-state index is -3.22. The van der Waals surface area contributed by atoms with Gasteiger partial charge < -0.3 is 10.6 Å². The van der Waals surface area contributed by atoms with E-state index in [-0.39, 0.29) is 4.90 Å². The predicted octanol–water partition coefficient (Wildman–Crippen LogP) is 1.54. The molecule has 0 atom stereocenters. The van der Waals surface area contributed by atoms with Gasteiger partial charge in [0, 0.05) is 19.0 Å². The normalized spacial score (nSPS) is 10.7. The zero-order chi connectivity index (χ0) is 15.5. The van der Waals surface area contributed by atoms with Gasteiger partial charge in [0.05, 0.1) is 11.1 Å². The third-order valence-corrected chi connectivity index (χ3v) is 3.81. The van der Waals surface area contributed by atoms with Crippen LogP contribution >= 0.6 is 0 Å². The van der Waals surface area contributed by atoms with E-state index in [0.29, 0.717) is 23.0 Å². The quantitative estimate of drug-likeness (QED) is 0.881. The lowest BCUT2D eigenvalue weighted by molar-refractivity contribution is 0.602. The average Bonchev–Trinajstić information content (AvgIpc) is 2.46. The molecule has 0 saturated carbocycles. The van der Waals surface area contributed by atoms with E-state index in [1.807, 2.05) is 6.07 Å². The first-order valence-corrected chi connectivity index (χ1v) is 7.85. The van der Waals surface area contributed by atoms with Crippen molar-refractivity contribution >= 4 is 27.3 Å². The van der Waals surface area contributed by atoms with Crippen LogP contribution in [0.15, 0.2) is 35.4 Å². The first-order valence-electron chi connectivity index (χ1n) is 5.96. The molecule has 0 unspecified atom stereocenters. The number of sulfone groups is 1. The van der Waals surface area contributed by atoms with E-state index < -0.39 is 9.84 Å². The fourth-order valence-electron chi connectivity index (χ4n) is 1.63. The fraction of sp³-hybridized carbons (Fsp3) is 0.154. The highest BCUT2D eigenvalue weighted by Crippen LogP contribution is 2.18. The number of anilines is 3. The molecule has 0 aliphatic heterocycles. The molecular formula is C13H13N5O2S. The molecule has 0 fully saturated rings. The summed E-state index contributed by atoms with van der Waals surface area (Å²) in [6, 6.07) is 8.22. The van der Waals surface area contributed by atoms with Gasteiger partial charge in [-0.25, -0.2) is 13.4 Å². The first kappa shape index (κ1) is 14.7. The number of hydrogen-bond acceptors (Lipinski definition) is 7. The van der Waals surface area contributed by atoms with Crippen molar-refractivity contribution in [1.29, 1.82) is 5.26 Å². The van der Waals surface area contributed by atoms with Gasteiger partial charge in [0.2, 0.25) is 5.95 Å². The summed E-state index contributed by atoms with van der Waals surface area (Å²) in [6.45, 7) is 0. The van der Waals surface area contributed by atoms with Crippen molar-refractivity contribution in [1.82, 2.24) is 9.97 Å². The lowest BCUT2D eigenvalue weighted by Gasteiger charge is -2.08. The van der Waals surface area contributed by atoms with E-state index >= 15 is 0 Å². The van der Waals surface area contributed by atoms with Crippen LogP contribution in [-0.4, -0.2) is 31.7 Å². The molecule has 0 aliphatic rings. The van der Waals surface area contributed by atoms with Crippen LogP contribution in [0.25, 0.3) is 0 Å². The maximum Gasteiger partial charge on any atom is 0.229 e. The van der Waals surface area contributed by atoms with E-state index in [1.54, 1.807) is 19.2 Å². The molecule has 8 heteroatoms. The highest BCUT2D eigenvalue weighted by molar-refractivity contribution is 7.90. The van der Waals surface area contributed by atoms with Gasteiger partial charge in [0.25, 0.3) is 0 Å². The number of nitrogens with zero attached hydrogens (tertiary/aromatic N) is 3. The van der Waals surface area contributed by atoms with Crippen LogP contribution in [0.1, 0.15) is 5.56 Å². The summed E-state index contributed by atoms with van der Waals surface area (Å²) in [5, 5.41) is 14.6. The first-order chi connectivity index (χ1) is 9.94. The molecule has 7 nitrogen and oxygen atoms in total. The second kappa shape index (κ2) is 5.76. The van der Waals surface area contributed by atoms with Crippen LogP contribution in [0, 0.1) is 11.3 Å². The summed E-state index contributed by atoms with van der Waals surface area (Å²) in [5.41, 5.74) is 0.990. The molecule has 21 heavy (non-hydrogen) atoms. The number of nitrogens with one attached hydrogen (secondary N) is 2. The number of nitriles is 1. The number of aromatic nitrogens is 2. The van der Waals surface area contributed by atoms with Crippen molar-refractivity contribution in [2.24, 2.45) is 0 Å². The Balaban J connectivity index is 2.25. The van der Waals surface area contributed by atoms with Gasteiger partial charge in [-0.3, -0.25) is 0 Å². The van der Waals surface area contributed by atoms with Crippen LogP contribution in [0.5, 0.6) is 0 Å². The molecule has 108 valence electrons. The van der Waals surface area contributed by atoms with Gasteiger partial charge in [-0.15, -0.1) is 0 Å². The van der Waals surface area contributed by atoms with Crippen molar-refractivity contribution in [3.63, 3.8) is 0 Å². The van der Waals surface area contributed by atoms with Crippen molar-refractivity contribution in [3.8, 4) is 6.07 Å². The van der Waals surface area contributed by atoms with Crippen LogP contribution in [-0.2, 0) is 9.84 Å². The standard InChI is InChI=1S/C13H13N5O2S/c1-15-12-9(7-14)8-16-13(18-12)17-10-3-5-11(6-4-10)21(2,19)20/h3-6,8H,1-2H3,(H2,15,16,17,18). The molecule has 2 rings (SSSR count). The third-order valence-electron chi connectivity index (χ3n) is 2.68. The van der Waals surface area contributed by atoms with Crippen molar-refractivity contribution in [2.75, 3.05) is 23.9 Å². The summed E-state index contributed by atoms with van der Waals surface area (Å²) >= 11 is 0. The monoisotopic (exact) mass is 303 g/mol. The van der Waals surface area contributed by atoms with Crippen molar-refractivity contribution in [3.05, 3.63) is 36.0 Å². The molecule has 1 aromatic carbocycles. The Hall–Kier alpha value is -2.66. The molecule has 2 N–H and O–H groups in total. The summed E-state index contributed by atoms with van der Waals surface area (Å²) in [7, 11) is -1.56. The Kier molecular flexibility index (Phi) is 4.05. The average molecular weight is 303 g/mol. The largest absolute Gasteiger partial charge is 0.372 e. The molecule has 0 amide bonds. The maximum atomic E-state index is 11.4. The highest BCUT2D eigenvalue weighted by Gasteiger charge is 2.08. The van der Waals surface area contributed by atoms with E-state index in [2.05, 4.69) is 20.6 Å². The Morgan fingerprint density at radius 1 is 1.24 bits per heavy atom. The van der Waals surface area contributed by atoms with Gasteiger partial charge in [0.1, 0.15) is 17.5 Å². The van der Waals surface area contributed by atoms with E-state index in [0.717, 1.165) is 6.26 Å². The van der Waals surface area contributed by atoms with E-state index in [4.69, 9.17) is 5.26 Å². The second-order valence-electron chi connectivity index (χ2n) is 4.24. The van der Waals surface area contributed by atoms with Gasteiger partial charge in [0.15, 0.2) is 9.84 Å². The lowest BCUT2D eigenvalue weighted by atomic mass is 10.3. The summed E-state index contributed by atoms with van der Waals surface area (Å²) in [5.74, 6) is 0.730. The van der Waals surface area contributed by atoms with Gasteiger partial charge >= 0.3 is 0 Å². The van der Waals surface area contributed by atoms with Crippen LogP contribution in [0.3, 0.4) is 0 Å². The lowest BCUT2D eigenvalue weighted by Crippen LogP contribution is -2.03. The molecule has 0 saturated heterocycles. The van der Waals surface area contributed by atoms with E-state index in [9.17, 15) is 8.42 Å². The van der Waals surface area contributed by atoms with Gasteiger partial charge in [-0.05, 0) is 24.3 Å². The predicted molar refractivity (Wildman–Crippen MR) is 79.1 cm³/mol. The molecular weight excluding hydrogens is 290 g/mol. The van der Waals surface area contributed by atoms with Crippen LogP contribution < -0.4 is 10.6 Å². The summed E-state index contributed by atoms with van der Waals surface area (Å²) in [4.78, 5) is 8.42. The Morgan fingerprint density at radius 2 is 1.90 bits per heavy atom. The smallest absolute Gasteiger partial charge is 0.229 e. The molecule has 1 aromatic heterocycles. The summed E-state index contributed by atoms with van der Waals surface area (Å²) < 4.78 is 22.7. The topological polar surface area (TPSA) is 108 Å². The molecule has 0 spiro atoms. The minimum absolute atomic E-state index is 0.240. The zero-order valence-corrected chi connectivity index (χ0v) is 12.3.